The summed E-state index contributed by atoms with van der Waals surface area (Å²) in [5.41, 5.74) is 2.19. The van der Waals surface area contributed by atoms with E-state index in [9.17, 15) is 9.59 Å². The standard InChI is InChI=1S/C21H23ClN2O2/c1-2-3-4-8-20(25)23-18-6-5-7-19(15-18)24-21(26)14-11-16-9-12-17(22)13-10-16/h5-7,9-15H,2-4,8H2,1H3,(H,23,25)(H,24,26)/b14-11+. The van der Waals surface area contributed by atoms with Crippen molar-refractivity contribution in [1.82, 2.24) is 0 Å². The lowest BCUT2D eigenvalue weighted by Gasteiger charge is -2.08. The van der Waals surface area contributed by atoms with Crippen LogP contribution >= 0.6 is 11.6 Å². The van der Waals surface area contributed by atoms with Crippen LogP contribution in [-0.2, 0) is 9.59 Å². The molecule has 0 aliphatic rings. The average molecular weight is 371 g/mol. The number of carbonyl (C=O) groups excluding carboxylic acids is 2. The van der Waals surface area contributed by atoms with Crippen molar-refractivity contribution in [2.45, 2.75) is 32.6 Å². The molecule has 0 radical (unpaired) electrons. The summed E-state index contributed by atoms with van der Waals surface area (Å²) in [6.45, 7) is 2.10. The van der Waals surface area contributed by atoms with E-state index in [2.05, 4.69) is 17.6 Å². The number of carbonyl (C=O) groups is 2. The monoisotopic (exact) mass is 370 g/mol. The summed E-state index contributed by atoms with van der Waals surface area (Å²) < 4.78 is 0. The molecule has 2 aromatic carbocycles. The number of amides is 2. The Balaban J connectivity index is 1.89. The van der Waals surface area contributed by atoms with Gasteiger partial charge in [-0.15, -0.1) is 0 Å². The van der Waals surface area contributed by atoms with E-state index in [-0.39, 0.29) is 11.8 Å². The minimum Gasteiger partial charge on any atom is -0.326 e. The van der Waals surface area contributed by atoms with E-state index in [0.29, 0.717) is 22.8 Å². The van der Waals surface area contributed by atoms with Gasteiger partial charge in [0.25, 0.3) is 0 Å². The third-order valence-electron chi connectivity index (χ3n) is 3.72. The van der Waals surface area contributed by atoms with Crippen molar-refractivity contribution in [2.24, 2.45) is 0 Å². The molecule has 26 heavy (non-hydrogen) atoms. The number of unbranched alkanes of at least 4 members (excludes halogenated alkanes) is 2. The molecule has 0 fully saturated rings. The van der Waals surface area contributed by atoms with Gasteiger partial charge in [0.1, 0.15) is 0 Å². The zero-order chi connectivity index (χ0) is 18.8. The van der Waals surface area contributed by atoms with Crippen LogP contribution < -0.4 is 10.6 Å². The molecule has 0 heterocycles. The van der Waals surface area contributed by atoms with Gasteiger partial charge in [0.15, 0.2) is 0 Å². The number of anilines is 2. The summed E-state index contributed by atoms with van der Waals surface area (Å²) in [6.07, 6.45) is 6.69. The minimum absolute atomic E-state index is 0.00967. The molecule has 0 atom stereocenters. The molecule has 0 saturated carbocycles. The molecule has 2 amide bonds. The molecule has 2 rings (SSSR count). The van der Waals surface area contributed by atoms with Crippen LogP contribution in [-0.4, -0.2) is 11.8 Å². The number of hydrogen-bond donors (Lipinski definition) is 2. The molecule has 0 bridgehead atoms. The SMILES string of the molecule is CCCCCC(=O)Nc1cccc(NC(=O)/C=C/c2ccc(Cl)cc2)c1. The molecule has 2 N–H and O–H groups in total. The molecule has 4 nitrogen and oxygen atoms in total. The Morgan fingerprint density at radius 3 is 2.38 bits per heavy atom. The van der Waals surface area contributed by atoms with Crippen LogP contribution in [0.4, 0.5) is 11.4 Å². The zero-order valence-electron chi connectivity index (χ0n) is 14.8. The Morgan fingerprint density at radius 2 is 1.69 bits per heavy atom. The van der Waals surface area contributed by atoms with E-state index < -0.39 is 0 Å². The summed E-state index contributed by atoms with van der Waals surface area (Å²) in [6, 6.07) is 14.3. The third-order valence-corrected chi connectivity index (χ3v) is 3.97. The first-order valence-corrected chi connectivity index (χ1v) is 9.09. The number of benzene rings is 2. The minimum atomic E-state index is -0.244. The van der Waals surface area contributed by atoms with E-state index in [1.807, 2.05) is 12.1 Å². The van der Waals surface area contributed by atoms with Gasteiger partial charge in [0.2, 0.25) is 11.8 Å². The molecule has 2 aromatic rings. The largest absolute Gasteiger partial charge is 0.326 e. The van der Waals surface area contributed by atoms with Crippen molar-refractivity contribution in [3.63, 3.8) is 0 Å². The van der Waals surface area contributed by atoms with Gasteiger partial charge in [-0.05, 0) is 48.4 Å². The average Bonchev–Trinajstić information content (AvgIpc) is 2.62. The second-order valence-electron chi connectivity index (χ2n) is 5.96. The first kappa shape index (κ1) is 19.7. The summed E-state index contributed by atoms with van der Waals surface area (Å²) in [4.78, 5) is 23.9. The van der Waals surface area contributed by atoms with Gasteiger partial charge in [-0.25, -0.2) is 0 Å². The molecule has 0 unspecified atom stereocenters. The topological polar surface area (TPSA) is 58.2 Å². The van der Waals surface area contributed by atoms with E-state index in [1.54, 1.807) is 42.5 Å². The van der Waals surface area contributed by atoms with Crippen LogP contribution in [0.1, 0.15) is 38.2 Å². The van der Waals surface area contributed by atoms with Gasteiger partial charge in [0, 0.05) is 28.9 Å². The van der Waals surface area contributed by atoms with Crippen molar-refractivity contribution >= 4 is 40.9 Å². The summed E-state index contributed by atoms with van der Waals surface area (Å²) in [5.74, 6) is -0.254. The number of halogens is 1. The predicted octanol–water partition coefficient (Wildman–Crippen LogP) is 5.51. The lowest BCUT2D eigenvalue weighted by atomic mass is 10.2. The third kappa shape index (κ3) is 7.11. The van der Waals surface area contributed by atoms with Gasteiger partial charge >= 0.3 is 0 Å². The molecule has 0 aliphatic heterocycles. The van der Waals surface area contributed by atoms with Crippen LogP contribution in [0.2, 0.25) is 5.02 Å². The van der Waals surface area contributed by atoms with E-state index in [0.717, 1.165) is 24.8 Å². The fraction of sp³-hybridized carbons (Fsp3) is 0.238. The summed E-state index contributed by atoms with van der Waals surface area (Å²) in [5, 5.41) is 6.30. The van der Waals surface area contributed by atoms with Gasteiger partial charge in [-0.1, -0.05) is 49.6 Å². The first-order chi connectivity index (χ1) is 12.6. The van der Waals surface area contributed by atoms with Crippen LogP contribution in [0.3, 0.4) is 0 Å². The Hall–Kier alpha value is -2.59. The molecule has 0 spiro atoms. The summed E-state index contributed by atoms with van der Waals surface area (Å²) in [7, 11) is 0. The van der Waals surface area contributed by atoms with Crippen LogP contribution in [0.25, 0.3) is 6.08 Å². The lowest BCUT2D eigenvalue weighted by molar-refractivity contribution is -0.116. The first-order valence-electron chi connectivity index (χ1n) is 8.71. The smallest absolute Gasteiger partial charge is 0.248 e. The van der Waals surface area contributed by atoms with Gasteiger partial charge in [-0.2, -0.15) is 0 Å². The van der Waals surface area contributed by atoms with Crippen LogP contribution in [0, 0.1) is 0 Å². The quantitative estimate of drug-likeness (QED) is 0.475. The highest BCUT2D eigenvalue weighted by atomic mass is 35.5. The van der Waals surface area contributed by atoms with E-state index in [4.69, 9.17) is 11.6 Å². The van der Waals surface area contributed by atoms with E-state index in [1.165, 1.54) is 6.08 Å². The normalized spacial score (nSPS) is 10.7. The molecule has 0 saturated heterocycles. The molecule has 0 aliphatic carbocycles. The number of rotatable bonds is 8. The highest BCUT2D eigenvalue weighted by Crippen LogP contribution is 2.16. The van der Waals surface area contributed by atoms with Crippen molar-refractivity contribution in [3.8, 4) is 0 Å². The maximum atomic E-state index is 12.0. The Bertz CT molecular complexity index is 770. The summed E-state index contributed by atoms with van der Waals surface area (Å²) >= 11 is 5.83. The molecule has 5 heteroatoms. The molecular formula is C21H23ClN2O2. The van der Waals surface area contributed by atoms with Gasteiger partial charge in [0.05, 0.1) is 0 Å². The second-order valence-corrected chi connectivity index (χ2v) is 6.40. The maximum Gasteiger partial charge on any atom is 0.248 e. The highest BCUT2D eigenvalue weighted by molar-refractivity contribution is 6.30. The van der Waals surface area contributed by atoms with Crippen LogP contribution in [0.5, 0.6) is 0 Å². The second kappa shape index (κ2) is 10.4. The molecular weight excluding hydrogens is 348 g/mol. The zero-order valence-corrected chi connectivity index (χ0v) is 15.6. The van der Waals surface area contributed by atoms with Gasteiger partial charge < -0.3 is 10.6 Å². The number of nitrogens with one attached hydrogen (secondary N) is 2. The molecule has 136 valence electrons. The Labute approximate surface area is 159 Å². The van der Waals surface area contributed by atoms with Crippen molar-refractivity contribution in [1.29, 1.82) is 0 Å². The van der Waals surface area contributed by atoms with Crippen LogP contribution in [0.15, 0.2) is 54.6 Å². The van der Waals surface area contributed by atoms with Gasteiger partial charge in [-0.3, -0.25) is 9.59 Å². The Morgan fingerprint density at radius 1 is 1.00 bits per heavy atom. The van der Waals surface area contributed by atoms with Crippen molar-refractivity contribution < 1.29 is 9.59 Å². The number of hydrogen-bond acceptors (Lipinski definition) is 2. The fourth-order valence-electron chi connectivity index (χ4n) is 2.36. The van der Waals surface area contributed by atoms with E-state index >= 15 is 0 Å². The van der Waals surface area contributed by atoms with Crippen molar-refractivity contribution in [2.75, 3.05) is 10.6 Å². The Kier molecular flexibility index (Phi) is 7.90. The highest BCUT2D eigenvalue weighted by Gasteiger charge is 2.04. The fourth-order valence-corrected chi connectivity index (χ4v) is 2.49. The maximum absolute atomic E-state index is 12.0. The molecule has 0 aromatic heterocycles. The lowest BCUT2D eigenvalue weighted by Crippen LogP contribution is -2.12. The van der Waals surface area contributed by atoms with Crippen molar-refractivity contribution in [3.05, 3.63) is 65.2 Å². The predicted molar refractivity (Wildman–Crippen MR) is 108 cm³/mol.